The summed E-state index contributed by atoms with van der Waals surface area (Å²) in [4.78, 5) is 11.0. The molecule has 1 amide bonds. The van der Waals surface area contributed by atoms with Crippen molar-refractivity contribution in [1.82, 2.24) is 10.6 Å². The summed E-state index contributed by atoms with van der Waals surface area (Å²) in [7, 11) is 0. The molecule has 2 atom stereocenters. The molecule has 12 heavy (non-hydrogen) atoms. The van der Waals surface area contributed by atoms with Gasteiger partial charge in [0.05, 0.1) is 0 Å². The SMILES string of the molecule is O=C1C[C@H]([C@H]2CCCCN2)CN1. The van der Waals surface area contributed by atoms with Gasteiger partial charge in [-0.3, -0.25) is 4.79 Å². The lowest BCUT2D eigenvalue weighted by atomic mass is 9.91. The van der Waals surface area contributed by atoms with Crippen LogP contribution >= 0.6 is 0 Å². The standard InChI is InChI=1S/C9H16N2O/c12-9-5-7(6-11-9)8-3-1-2-4-10-8/h7-8,10H,1-6H2,(H,11,12)/t7-,8+/m0/s1. The summed E-state index contributed by atoms with van der Waals surface area (Å²) in [6, 6.07) is 0.595. The van der Waals surface area contributed by atoms with E-state index in [0.717, 1.165) is 19.5 Å². The Hall–Kier alpha value is -0.570. The van der Waals surface area contributed by atoms with Crippen LogP contribution in [0.25, 0.3) is 0 Å². The molecule has 0 bridgehead atoms. The number of amides is 1. The zero-order chi connectivity index (χ0) is 8.39. The molecule has 0 unspecified atom stereocenters. The molecule has 0 radical (unpaired) electrons. The second-order valence-corrected chi connectivity index (χ2v) is 3.82. The van der Waals surface area contributed by atoms with Gasteiger partial charge in [0.15, 0.2) is 0 Å². The average Bonchev–Trinajstić information content (AvgIpc) is 2.54. The van der Waals surface area contributed by atoms with Crippen molar-refractivity contribution in [3.8, 4) is 0 Å². The molecular weight excluding hydrogens is 152 g/mol. The Kier molecular flexibility index (Phi) is 2.30. The summed E-state index contributed by atoms with van der Waals surface area (Å²) in [5, 5.41) is 6.38. The van der Waals surface area contributed by atoms with Gasteiger partial charge in [-0.25, -0.2) is 0 Å². The number of piperidine rings is 1. The molecule has 2 fully saturated rings. The third-order valence-corrected chi connectivity index (χ3v) is 2.93. The molecule has 2 N–H and O–H groups in total. The second-order valence-electron chi connectivity index (χ2n) is 3.82. The van der Waals surface area contributed by atoms with Crippen molar-refractivity contribution >= 4 is 5.91 Å². The van der Waals surface area contributed by atoms with E-state index >= 15 is 0 Å². The highest BCUT2D eigenvalue weighted by Crippen LogP contribution is 2.20. The average molecular weight is 168 g/mol. The molecule has 2 aliphatic rings. The molecule has 2 heterocycles. The molecule has 0 spiro atoms. The third kappa shape index (κ3) is 1.61. The number of carbonyl (C=O) groups is 1. The summed E-state index contributed by atoms with van der Waals surface area (Å²) >= 11 is 0. The highest BCUT2D eigenvalue weighted by atomic mass is 16.1. The Bertz CT molecular complexity index is 175. The zero-order valence-corrected chi connectivity index (χ0v) is 7.31. The first-order valence-corrected chi connectivity index (χ1v) is 4.86. The predicted molar refractivity (Wildman–Crippen MR) is 46.8 cm³/mol. The van der Waals surface area contributed by atoms with Gasteiger partial charge in [-0.2, -0.15) is 0 Å². The van der Waals surface area contributed by atoms with E-state index in [1.165, 1.54) is 19.3 Å². The molecule has 0 saturated carbocycles. The lowest BCUT2D eigenvalue weighted by molar-refractivity contribution is -0.119. The number of rotatable bonds is 1. The van der Waals surface area contributed by atoms with Gasteiger partial charge in [0.2, 0.25) is 5.91 Å². The minimum absolute atomic E-state index is 0.229. The van der Waals surface area contributed by atoms with Crippen LogP contribution in [0.15, 0.2) is 0 Å². The van der Waals surface area contributed by atoms with Gasteiger partial charge >= 0.3 is 0 Å². The van der Waals surface area contributed by atoms with Crippen LogP contribution < -0.4 is 10.6 Å². The van der Waals surface area contributed by atoms with E-state index < -0.39 is 0 Å². The first-order chi connectivity index (χ1) is 5.86. The summed E-state index contributed by atoms with van der Waals surface area (Å²) in [6.45, 7) is 2.02. The van der Waals surface area contributed by atoms with E-state index in [0.29, 0.717) is 12.0 Å². The normalized spacial score (nSPS) is 36.5. The Balaban J connectivity index is 1.86. The molecule has 0 aromatic heterocycles. The molecule has 0 aromatic carbocycles. The van der Waals surface area contributed by atoms with Crippen molar-refractivity contribution in [2.45, 2.75) is 31.7 Å². The Labute approximate surface area is 72.9 Å². The van der Waals surface area contributed by atoms with E-state index in [1.54, 1.807) is 0 Å². The van der Waals surface area contributed by atoms with Crippen LogP contribution in [0.1, 0.15) is 25.7 Å². The fourth-order valence-corrected chi connectivity index (χ4v) is 2.19. The first kappa shape index (κ1) is 8.05. The third-order valence-electron chi connectivity index (χ3n) is 2.93. The van der Waals surface area contributed by atoms with Crippen LogP contribution in [-0.4, -0.2) is 25.0 Å². The molecule has 2 aliphatic heterocycles. The van der Waals surface area contributed by atoms with Gasteiger partial charge in [0.25, 0.3) is 0 Å². The number of nitrogens with one attached hydrogen (secondary N) is 2. The molecule has 2 rings (SSSR count). The van der Waals surface area contributed by atoms with Crippen LogP contribution in [-0.2, 0) is 4.79 Å². The van der Waals surface area contributed by atoms with Gasteiger partial charge in [-0.15, -0.1) is 0 Å². The minimum atomic E-state index is 0.229. The molecular formula is C9H16N2O. The van der Waals surface area contributed by atoms with Gasteiger partial charge in [-0.05, 0) is 19.4 Å². The second kappa shape index (κ2) is 3.44. The Morgan fingerprint density at radius 1 is 1.33 bits per heavy atom. The van der Waals surface area contributed by atoms with Crippen LogP contribution in [0.3, 0.4) is 0 Å². The summed E-state index contributed by atoms with van der Waals surface area (Å²) < 4.78 is 0. The maximum absolute atomic E-state index is 11.0. The number of hydrogen-bond acceptors (Lipinski definition) is 2. The van der Waals surface area contributed by atoms with E-state index in [9.17, 15) is 4.79 Å². The van der Waals surface area contributed by atoms with E-state index in [-0.39, 0.29) is 5.91 Å². The highest BCUT2D eigenvalue weighted by Gasteiger charge is 2.29. The summed E-state index contributed by atoms with van der Waals surface area (Å²) in [5.41, 5.74) is 0. The van der Waals surface area contributed by atoms with Crippen LogP contribution in [0.2, 0.25) is 0 Å². The minimum Gasteiger partial charge on any atom is -0.356 e. The van der Waals surface area contributed by atoms with Crippen molar-refractivity contribution in [2.24, 2.45) is 5.92 Å². The Morgan fingerprint density at radius 3 is 2.83 bits per heavy atom. The lowest BCUT2D eigenvalue weighted by Gasteiger charge is -2.27. The fourth-order valence-electron chi connectivity index (χ4n) is 2.19. The molecule has 3 heteroatoms. The Morgan fingerprint density at radius 2 is 2.25 bits per heavy atom. The fraction of sp³-hybridized carbons (Fsp3) is 0.889. The molecule has 0 aliphatic carbocycles. The number of carbonyl (C=O) groups excluding carboxylic acids is 1. The van der Waals surface area contributed by atoms with Crippen molar-refractivity contribution in [2.75, 3.05) is 13.1 Å². The highest BCUT2D eigenvalue weighted by molar-refractivity contribution is 5.78. The van der Waals surface area contributed by atoms with Crippen molar-refractivity contribution in [1.29, 1.82) is 0 Å². The topological polar surface area (TPSA) is 41.1 Å². The quantitative estimate of drug-likeness (QED) is 0.590. The maximum Gasteiger partial charge on any atom is 0.220 e. The van der Waals surface area contributed by atoms with Gasteiger partial charge in [0.1, 0.15) is 0 Å². The van der Waals surface area contributed by atoms with Crippen LogP contribution in [0.5, 0.6) is 0 Å². The number of hydrogen-bond donors (Lipinski definition) is 2. The molecule has 0 aromatic rings. The van der Waals surface area contributed by atoms with E-state index in [1.807, 2.05) is 0 Å². The zero-order valence-electron chi connectivity index (χ0n) is 7.31. The largest absolute Gasteiger partial charge is 0.356 e. The van der Waals surface area contributed by atoms with Crippen LogP contribution in [0, 0.1) is 5.92 Å². The lowest BCUT2D eigenvalue weighted by Crippen LogP contribution is -2.40. The molecule has 3 nitrogen and oxygen atoms in total. The monoisotopic (exact) mass is 168 g/mol. The van der Waals surface area contributed by atoms with Crippen LogP contribution in [0.4, 0.5) is 0 Å². The molecule has 68 valence electrons. The summed E-state index contributed by atoms with van der Waals surface area (Å²) in [6.07, 6.45) is 4.60. The van der Waals surface area contributed by atoms with E-state index in [4.69, 9.17) is 0 Å². The van der Waals surface area contributed by atoms with Gasteiger partial charge in [0, 0.05) is 24.9 Å². The maximum atomic E-state index is 11.0. The smallest absolute Gasteiger partial charge is 0.220 e. The predicted octanol–water partition coefficient (Wildman–Crippen LogP) is 0.265. The van der Waals surface area contributed by atoms with Crippen molar-refractivity contribution < 1.29 is 4.79 Å². The van der Waals surface area contributed by atoms with Crippen molar-refractivity contribution in [3.63, 3.8) is 0 Å². The summed E-state index contributed by atoms with van der Waals surface area (Å²) in [5.74, 6) is 0.783. The van der Waals surface area contributed by atoms with Gasteiger partial charge in [-0.1, -0.05) is 6.42 Å². The van der Waals surface area contributed by atoms with Gasteiger partial charge < -0.3 is 10.6 Å². The first-order valence-electron chi connectivity index (χ1n) is 4.86. The molecule has 2 saturated heterocycles. The van der Waals surface area contributed by atoms with E-state index in [2.05, 4.69) is 10.6 Å². The van der Waals surface area contributed by atoms with Crippen molar-refractivity contribution in [3.05, 3.63) is 0 Å².